The standard InChI is InChI=1S/C10H18FN/c11-6-2-8-12-7-1-3-10(9-12)4-5-10/h1-9H2. The number of hydrogen-bond acceptors (Lipinski definition) is 1. The van der Waals surface area contributed by atoms with Gasteiger partial charge < -0.3 is 4.90 Å². The lowest BCUT2D eigenvalue weighted by molar-refractivity contribution is 0.156. The molecule has 2 aliphatic rings. The first-order valence-corrected chi connectivity index (χ1v) is 5.13. The van der Waals surface area contributed by atoms with Crippen LogP contribution in [0.5, 0.6) is 0 Å². The van der Waals surface area contributed by atoms with Gasteiger partial charge in [-0.1, -0.05) is 0 Å². The van der Waals surface area contributed by atoms with Gasteiger partial charge in [-0.3, -0.25) is 4.39 Å². The van der Waals surface area contributed by atoms with E-state index >= 15 is 0 Å². The van der Waals surface area contributed by atoms with Gasteiger partial charge in [-0.15, -0.1) is 0 Å². The molecule has 0 aromatic heterocycles. The lowest BCUT2D eigenvalue weighted by atomic mass is 9.95. The first-order valence-electron chi connectivity index (χ1n) is 5.13. The van der Waals surface area contributed by atoms with Crippen LogP contribution in [0.25, 0.3) is 0 Å². The molecule has 1 saturated carbocycles. The molecule has 70 valence electrons. The Hall–Kier alpha value is -0.110. The quantitative estimate of drug-likeness (QED) is 0.629. The minimum absolute atomic E-state index is 0.149. The zero-order valence-electron chi connectivity index (χ0n) is 7.69. The highest BCUT2D eigenvalue weighted by atomic mass is 19.1. The Bertz CT molecular complexity index is 154. The van der Waals surface area contributed by atoms with E-state index in [1.54, 1.807) is 0 Å². The summed E-state index contributed by atoms with van der Waals surface area (Å²) < 4.78 is 11.9. The molecule has 0 radical (unpaired) electrons. The molecule has 0 N–H and O–H groups in total. The topological polar surface area (TPSA) is 3.24 Å². The maximum absolute atomic E-state index is 11.9. The molecule has 2 fully saturated rings. The van der Waals surface area contributed by atoms with Crippen molar-refractivity contribution in [3.63, 3.8) is 0 Å². The van der Waals surface area contributed by atoms with E-state index in [0.29, 0.717) is 5.41 Å². The Morgan fingerprint density at radius 1 is 1.25 bits per heavy atom. The van der Waals surface area contributed by atoms with Gasteiger partial charge in [0.1, 0.15) is 0 Å². The van der Waals surface area contributed by atoms with Crippen LogP contribution in [0.15, 0.2) is 0 Å². The summed E-state index contributed by atoms with van der Waals surface area (Å²) in [5, 5.41) is 0. The number of piperidine rings is 1. The number of nitrogens with zero attached hydrogens (tertiary/aromatic N) is 1. The smallest absolute Gasteiger partial charge is 0.0906 e. The molecule has 1 spiro atoms. The highest BCUT2D eigenvalue weighted by molar-refractivity contribution is 4.97. The highest BCUT2D eigenvalue weighted by Gasteiger charge is 2.44. The summed E-state index contributed by atoms with van der Waals surface area (Å²) in [6.45, 7) is 3.30. The zero-order valence-corrected chi connectivity index (χ0v) is 7.69. The Morgan fingerprint density at radius 3 is 2.75 bits per heavy atom. The van der Waals surface area contributed by atoms with Crippen LogP contribution in [-0.4, -0.2) is 31.2 Å². The summed E-state index contributed by atoms with van der Waals surface area (Å²) >= 11 is 0. The first-order chi connectivity index (χ1) is 5.85. The van der Waals surface area contributed by atoms with Gasteiger partial charge in [0.25, 0.3) is 0 Å². The molecule has 0 aromatic carbocycles. The molecule has 0 amide bonds. The van der Waals surface area contributed by atoms with Crippen molar-refractivity contribution in [2.45, 2.75) is 32.1 Å². The Balaban J connectivity index is 1.75. The number of rotatable bonds is 3. The molecule has 12 heavy (non-hydrogen) atoms. The summed E-state index contributed by atoms with van der Waals surface area (Å²) in [7, 11) is 0. The maximum Gasteiger partial charge on any atom is 0.0906 e. The number of likely N-dealkylation sites (tertiary alicyclic amines) is 1. The molecule has 0 bridgehead atoms. The molecule has 1 nitrogen and oxygen atoms in total. The lowest BCUT2D eigenvalue weighted by Gasteiger charge is -2.32. The molecule has 0 unspecified atom stereocenters. The number of alkyl halides is 1. The van der Waals surface area contributed by atoms with Crippen molar-refractivity contribution < 1.29 is 4.39 Å². The minimum Gasteiger partial charge on any atom is -0.303 e. The zero-order chi connectivity index (χ0) is 8.44. The van der Waals surface area contributed by atoms with Crippen molar-refractivity contribution in [1.82, 2.24) is 4.90 Å². The summed E-state index contributed by atoms with van der Waals surface area (Å²) in [6.07, 6.45) is 6.36. The van der Waals surface area contributed by atoms with Gasteiger partial charge in [0, 0.05) is 13.1 Å². The molecule has 0 atom stereocenters. The Labute approximate surface area is 73.9 Å². The normalized spacial score (nSPS) is 27.8. The number of hydrogen-bond donors (Lipinski definition) is 0. The van der Waals surface area contributed by atoms with Crippen molar-refractivity contribution in [1.29, 1.82) is 0 Å². The predicted molar refractivity (Wildman–Crippen MR) is 47.9 cm³/mol. The average molecular weight is 171 g/mol. The number of halogens is 1. The third-order valence-corrected chi connectivity index (χ3v) is 3.31. The molecular formula is C10H18FN. The van der Waals surface area contributed by atoms with Crippen LogP contribution in [0.4, 0.5) is 4.39 Å². The van der Waals surface area contributed by atoms with Crippen LogP contribution in [0, 0.1) is 5.41 Å². The van der Waals surface area contributed by atoms with Crippen molar-refractivity contribution in [2.24, 2.45) is 5.41 Å². The van der Waals surface area contributed by atoms with E-state index in [1.165, 1.54) is 38.8 Å². The van der Waals surface area contributed by atoms with Gasteiger partial charge in [-0.25, -0.2) is 0 Å². The Morgan fingerprint density at radius 2 is 2.08 bits per heavy atom. The fraction of sp³-hybridized carbons (Fsp3) is 1.00. The van der Waals surface area contributed by atoms with Crippen molar-refractivity contribution >= 4 is 0 Å². The van der Waals surface area contributed by atoms with Gasteiger partial charge in [-0.05, 0) is 44.1 Å². The molecule has 2 heteroatoms. The van der Waals surface area contributed by atoms with E-state index < -0.39 is 0 Å². The first kappa shape index (κ1) is 8.49. The van der Waals surface area contributed by atoms with Gasteiger partial charge in [0.2, 0.25) is 0 Å². The van der Waals surface area contributed by atoms with E-state index in [1.807, 2.05) is 0 Å². The van der Waals surface area contributed by atoms with Crippen molar-refractivity contribution in [3.8, 4) is 0 Å². The van der Waals surface area contributed by atoms with Crippen LogP contribution in [0.1, 0.15) is 32.1 Å². The molecule has 0 aromatic rings. The second-order valence-corrected chi connectivity index (χ2v) is 4.42. The molecule has 2 rings (SSSR count). The molecule has 1 saturated heterocycles. The summed E-state index contributed by atoms with van der Waals surface area (Å²) in [5.74, 6) is 0. The second kappa shape index (κ2) is 3.33. The van der Waals surface area contributed by atoms with Gasteiger partial charge in [0.15, 0.2) is 0 Å². The second-order valence-electron chi connectivity index (χ2n) is 4.42. The van der Waals surface area contributed by atoms with Crippen LogP contribution in [0.3, 0.4) is 0 Å². The molecule has 1 aliphatic heterocycles. The van der Waals surface area contributed by atoms with Gasteiger partial charge >= 0.3 is 0 Å². The maximum atomic E-state index is 11.9. The van der Waals surface area contributed by atoms with Crippen molar-refractivity contribution in [2.75, 3.05) is 26.3 Å². The predicted octanol–water partition coefficient (Wildman–Crippen LogP) is 2.22. The molecule has 1 heterocycles. The lowest BCUT2D eigenvalue weighted by Crippen LogP contribution is -2.37. The minimum atomic E-state index is -0.149. The van der Waals surface area contributed by atoms with Gasteiger partial charge in [-0.2, -0.15) is 0 Å². The van der Waals surface area contributed by atoms with E-state index in [2.05, 4.69) is 4.90 Å². The summed E-state index contributed by atoms with van der Waals surface area (Å²) in [4.78, 5) is 2.45. The molecule has 1 aliphatic carbocycles. The van der Waals surface area contributed by atoms with E-state index in [-0.39, 0.29) is 6.67 Å². The van der Waals surface area contributed by atoms with Gasteiger partial charge in [0.05, 0.1) is 6.67 Å². The SMILES string of the molecule is FCCCN1CCCC2(CC2)C1. The molecular weight excluding hydrogens is 153 g/mol. The van der Waals surface area contributed by atoms with E-state index in [4.69, 9.17) is 0 Å². The van der Waals surface area contributed by atoms with Crippen LogP contribution in [-0.2, 0) is 0 Å². The third kappa shape index (κ3) is 1.79. The monoisotopic (exact) mass is 171 g/mol. The van der Waals surface area contributed by atoms with E-state index in [9.17, 15) is 4.39 Å². The largest absolute Gasteiger partial charge is 0.303 e. The third-order valence-electron chi connectivity index (χ3n) is 3.31. The summed E-state index contributed by atoms with van der Waals surface area (Å²) in [6, 6.07) is 0. The highest BCUT2D eigenvalue weighted by Crippen LogP contribution is 2.51. The van der Waals surface area contributed by atoms with Crippen LogP contribution in [0.2, 0.25) is 0 Å². The van der Waals surface area contributed by atoms with Crippen LogP contribution >= 0.6 is 0 Å². The average Bonchev–Trinajstić information content (AvgIpc) is 2.82. The van der Waals surface area contributed by atoms with Crippen molar-refractivity contribution in [3.05, 3.63) is 0 Å². The summed E-state index contributed by atoms with van der Waals surface area (Å²) in [5.41, 5.74) is 0.703. The van der Waals surface area contributed by atoms with Crippen LogP contribution < -0.4 is 0 Å². The Kier molecular flexibility index (Phi) is 2.35. The van der Waals surface area contributed by atoms with E-state index in [0.717, 1.165) is 13.0 Å². The fourth-order valence-corrected chi connectivity index (χ4v) is 2.37. The fourth-order valence-electron chi connectivity index (χ4n) is 2.37.